The van der Waals surface area contributed by atoms with Gasteiger partial charge in [0.2, 0.25) is 0 Å². The van der Waals surface area contributed by atoms with Crippen molar-refractivity contribution < 1.29 is 4.74 Å². The second-order valence-electron chi connectivity index (χ2n) is 6.18. The van der Waals surface area contributed by atoms with E-state index in [1.54, 1.807) is 0 Å². The first kappa shape index (κ1) is 10.6. The summed E-state index contributed by atoms with van der Waals surface area (Å²) >= 11 is 0. The summed E-state index contributed by atoms with van der Waals surface area (Å²) in [6, 6.07) is 0. The molecule has 0 amide bonds. The molecule has 0 unspecified atom stereocenters. The van der Waals surface area contributed by atoms with E-state index in [0.717, 1.165) is 0 Å². The lowest BCUT2D eigenvalue weighted by atomic mass is 9.61. The molecule has 0 N–H and O–H groups in total. The Balaban J connectivity index is 1.87. The highest BCUT2D eigenvalue weighted by Crippen LogP contribution is 2.63. The van der Waals surface area contributed by atoms with Gasteiger partial charge in [-0.05, 0) is 49.9 Å². The van der Waals surface area contributed by atoms with Crippen LogP contribution < -0.4 is 0 Å². The lowest BCUT2D eigenvalue weighted by Crippen LogP contribution is -2.36. The number of hydrogen-bond acceptors (Lipinski definition) is 1. The van der Waals surface area contributed by atoms with Gasteiger partial charge in [0.25, 0.3) is 0 Å². The van der Waals surface area contributed by atoms with Crippen molar-refractivity contribution in [3.63, 3.8) is 0 Å². The number of fused-ring (bicyclic) bond motifs is 1. The SMILES string of the molecule is C=C(C)[C@H]1CCC(=C)[C@@]2(C1)C[C@H]1O[C@H]1[C@@H]2C. The van der Waals surface area contributed by atoms with E-state index in [4.69, 9.17) is 4.74 Å². The van der Waals surface area contributed by atoms with Crippen molar-refractivity contribution in [1.29, 1.82) is 0 Å². The molecule has 88 valence electrons. The van der Waals surface area contributed by atoms with Gasteiger partial charge in [-0.25, -0.2) is 0 Å². The van der Waals surface area contributed by atoms with Crippen LogP contribution in [0, 0.1) is 17.3 Å². The van der Waals surface area contributed by atoms with Crippen molar-refractivity contribution in [2.75, 3.05) is 0 Å². The predicted molar refractivity (Wildman–Crippen MR) is 66.2 cm³/mol. The predicted octanol–water partition coefficient (Wildman–Crippen LogP) is 3.71. The molecule has 1 heteroatoms. The zero-order chi connectivity index (χ0) is 11.5. The van der Waals surface area contributed by atoms with Crippen molar-refractivity contribution in [1.82, 2.24) is 0 Å². The van der Waals surface area contributed by atoms with Gasteiger partial charge in [-0.1, -0.05) is 31.2 Å². The molecule has 5 atom stereocenters. The molecular weight excluding hydrogens is 196 g/mol. The maximum Gasteiger partial charge on any atom is 0.0876 e. The third-order valence-electron chi connectivity index (χ3n) is 5.36. The Morgan fingerprint density at radius 3 is 2.75 bits per heavy atom. The highest BCUT2D eigenvalue weighted by molar-refractivity contribution is 5.26. The van der Waals surface area contributed by atoms with Crippen molar-refractivity contribution in [2.45, 2.75) is 51.7 Å². The van der Waals surface area contributed by atoms with E-state index >= 15 is 0 Å². The molecule has 1 heterocycles. The van der Waals surface area contributed by atoms with Crippen LogP contribution in [-0.2, 0) is 4.74 Å². The Hall–Kier alpha value is -0.560. The quantitative estimate of drug-likeness (QED) is 0.483. The molecule has 1 aliphatic heterocycles. The van der Waals surface area contributed by atoms with Crippen molar-refractivity contribution >= 4 is 0 Å². The second-order valence-corrected chi connectivity index (χ2v) is 6.18. The van der Waals surface area contributed by atoms with Gasteiger partial charge in [0.15, 0.2) is 0 Å². The molecule has 1 spiro atoms. The summed E-state index contributed by atoms with van der Waals surface area (Å²) in [5, 5.41) is 0. The van der Waals surface area contributed by atoms with E-state index in [1.807, 2.05) is 0 Å². The van der Waals surface area contributed by atoms with Crippen LogP contribution in [0.2, 0.25) is 0 Å². The van der Waals surface area contributed by atoms with Crippen molar-refractivity contribution in [3.05, 3.63) is 24.3 Å². The highest BCUT2D eigenvalue weighted by atomic mass is 16.6. The topological polar surface area (TPSA) is 12.5 Å². The second kappa shape index (κ2) is 3.22. The summed E-state index contributed by atoms with van der Waals surface area (Å²) in [4.78, 5) is 0. The summed E-state index contributed by atoms with van der Waals surface area (Å²) in [5.74, 6) is 1.39. The minimum atomic E-state index is 0.384. The van der Waals surface area contributed by atoms with Crippen LogP contribution in [0.15, 0.2) is 24.3 Å². The maximum absolute atomic E-state index is 5.67. The molecule has 3 fully saturated rings. The van der Waals surface area contributed by atoms with Crippen LogP contribution in [0.25, 0.3) is 0 Å². The molecule has 0 aromatic rings. The fraction of sp³-hybridized carbons (Fsp3) is 0.733. The van der Waals surface area contributed by atoms with Crippen LogP contribution in [0.1, 0.15) is 39.5 Å². The Kier molecular flexibility index (Phi) is 2.13. The van der Waals surface area contributed by atoms with Crippen LogP contribution >= 0.6 is 0 Å². The van der Waals surface area contributed by atoms with Gasteiger partial charge in [0.05, 0.1) is 12.2 Å². The number of epoxide rings is 1. The van der Waals surface area contributed by atoms with Gasteiger partial charge in [-0.15, -0.1) is 0 Å². The van der Waals surface area contributed by atoms with E-state index < -0.39 is 0 Å². The van der Waals surface area contributed by atoms with Crippen LogP contribution in [0.4, 0.5) is 0 Å². The van der Waals surface area contributed by atoms with E-state index in [9.17, 15) is 0 Å². The Morgan fingerprint density at radius 2 is 2.19 bits per heavy atom. The summed E-state index contributed by atoms with van der Waals surface area (Å²) < 4.78 is 5.67. The average molecular weight is 218 g/mol. The Morgan fingerprint density at radius 1 is 1.44 bits per heavy atom. The Labute approximate surface area is 98.6 Å². The largest absolute Gasteiger partial charge is 0.369 e. The number of hydrogen-bond donors (Lipinski definition) is 0. The number of rotatable bonds is 1. The van der Waals surface area contributed by atoms with E-state index in [-0.39, 0.29) is 0 Å². The monoisotopic (exact) mass is 218 g/mol. The zero-order valence-electron chi connectivity index (χ0n) is 10.5. The van der Waals surface area contributed by atoms with Crippen LogP contribution in [-0.4, -0.2) is 12.2 Å². The molecule has 0 bridgehead atoms. The lowest BCUT2D eigenvalue weighted by Gasteiger charge is -2.44. The third kappa shape index (κ3) is 1.27. The fourth-order valence-electron chi connectivity index (χ4n) is 4.06. The standard InChI is InChI=1S/C15H22O/c1-9(2)12-6-5-10(3)15(7-12)8-13-14(16-13)11(15)4/h11-14H,1,3,5-8H2,2,4H3/t11-,12-,13+,14-,15+/m0/s1. The normalized spacial score (nSPS) is 50.5. The number of ether oxygens (including phenoxy) is 1. The molecule has 0 aromatic heterocycles. The first-order valence-corrected chi connectivity index (χ1v) is 6.54. The number of allylic oxidation sites excluding steroid dienone is 2. The summed E-state index contributed by atoms with van der Waals surface area (Å²) in [6.07, 6.45) is 6.05. The summed E-state index contributed by atoms with van der Waals surface area (Å²) in [6.45, 7) is 13.1. The van der Waals surface area contributed by atoms with Gasteiger partial charge < -0.3 is 4.74 Å². The smallest absolute Gasteiger partial charge is 0.0876 e. The maximum atomic E-state index is 5.67. The summed E-state index contributed by atoms with van der Waals surface area (Å²) in [7, 11) is 0. The molecule has 0 radical (unpaired) electrons. The minimum Gasteiger partial charge on any atom is -0.369 e. The van der Waals surface area contributed by atoms with Gasteiger partial charge >= 0.3 is 0 Å². The molecule has 1 saturated heterocycles. The van der Waals surface area contributed by atoms with Gasteiger partial charge in [-0.2, -0.15) is 0 Å². The first-order chi connectivity index (χ1) is 7.54. The van der Waals surface area contributed by atoms with Crippen molar-refractivity contribution in [2.24, 2.45) is 17.3 Å². The summed E-state index contributed by atoms with van der Waals surface area (Å²) in [5.41, 5.74) is 3.24. The van der Waals surface area contributed by atoms with Gasteiger partial charge in [0.1, 0.15) is 0 Å². The van der Waals surface area contributed by atoms with Crippen molar-refractivity contribution in [3.8, 4) is 0 Å². The molecule has 3 rings (SSSR count). The highest BCUT2D eigenvalue weighted by Gasteiger charge is 2.62. The van der Waals surface area contributed by atoms with E-state index in [1.165, 1.54) is 36.8 Å². The van der Waals surface area contributed by atoms with Gasteiger partial charge in [0, 0.05) is 0 Å². The van der Waals surface area contributed by atoms with Crippen LogP contribution in [0.5, 0.6) is 0 Å². The van der Waals surface area contributed by atoms with Gasteiger partial charge in [-0.3, -0.25) is 0 Å². The fourth-order valence-corrected chi connectivity index (χ4v) is 4.06. The minimum absolute atomic E-state index is 0.384. The first-order valence-electron chi connectivity index (χ1n) is 6.54. The Bertz CT molecular complexity index is 356. The zero-order valence-corrected chi connectivity index (χ0v) is 10.5. The molecule has 3 aliphatic rings. The molecular formula is C15H22O. The lowest BCUT2D eigenvalue weighted by molar-refractivity contribution is 0.0982. The van der Waals surface area contributed by atoms with E-state index in [0.29, 0.717) is 29.5 Å². The molecule has 16 heavy (non-hydrogen) atoms. The molecule has 2 saturated carbocycles. The molecule has 1 nitrogen and oxygen atoms in total. The van der Waals surface area contributed by atoms with Crippen LogP contribution in [0.3, 0.4) is 0 Å². The molecule has 0 aromatic carbocycles. The average Bonchev–Trinajstić information content (AvgIpc) is 2.93. The molecule has 2 aliphatic carbocycles. The van der Waals surface area contributed by atoms with E-state index in [2.05, 4.69) is 27.0 Å². The third-order valence-corrected chi connectivity index (χ3v) is 5.36.